The van der Waals surface area contributed by atoms with Crippen LogP contribution < -0.4 is 10.6 Å². The molecule has 2 aromatic rings. The number of hydrogen-bond donors (Lipinski definition) is 0. The van der Waals surface area contributed by atoms with E-state index in [0.717, 1.165) is 12.8 Å². The Kier molecular flexibility index (Phi) is 7.78. The number of methoxy groups -OCH3 is 1. The van der Waals surface area contributed by atoms with Gasteiger partial charge >= 0.3 is 0 Å². The van der Waals surface area contributed by atoms with Gasteiger partial charge in [0.1, 0.15) is 23.2 Å². The van der Waals surface area contributed by atoms with E-state index in [1.807, 2.05) is 20.1 Å². The number of rotatable bonds is 9. The molecule has 0 fully saturated rings. The predicted octanol–water partition coefficient (Wildman–Crippen LogP) is 6.46. The van der Waals surface area contributed by atoms with E-state index in [0.29, 0.717) is 0 Å². The molecule has 0 aromatic heterocycles. The maximum Gasteiger partial charge on any atom is 0.187 e. The quantitative estimate of drug-likeness (QED) is 0.359. The summed E-state index contributed by atoms with van der Waals surface area (Å²) in [6, 6.07) is 21.7. The summed E-state index contributed by atoms with van der Waals surface area (Å²) in [6.07, 6.45) is 10.5. The third kappa shape index (κ3) is 4.00. The van der Waals surface area contributed by atoms with E-state index < -0.39 is 7.26 Å². The predicted molar refractivity (Wildman–Crippen MR) is 122 cm³/mol. The summed E-state index contributed by atoms with van der Waals surface area (Å²) in [5.41, 5.74) is 0. The molecule has 0 saturated carbocycles. The third-order valence-corrected chi connectivity index (χ3v) is 10.3. The molecule has 0 N–H and O–H groups in total. The Morgan fingerprint density at radius 2 is 1.56 bits per heavy atom. The van der Waals surface area contributed by atoms with Crippen LogP contribution >= 0.6 is 7.26 Å². The fourth-order valence-corrected chi connectivity index (χ4v) is 9.14. The highest BCUT2D eigenvalue weighted by Crippen LogP contribution is 2.74. The van der Waals surface area contributed by atoms with Gasteiger partial charge in [-0.15, -0.1) is 0 Å². The van der Waals surface area contributed by atoms with E-state index in [-0.39, 0.29) is 5.34 Å². The molecule has 142 valence electrons. The first-order chi connectivity index (χ1) is 13.1. The van der Waals surface area contributed by atoms with Gasteiger partial charge < -0.3 is 4.74 Å². The topological polar surface area (TPSA) is 9.23 Å². The standard InChI is InChI=1S/C25H32OP/c1-6-9-16-22(8-3)27(23-17-12-10-13-18-23,24-19-14-11-15-20-24)25(4,26-5)21-7-2/h6,8-20H,3,7,21H2,1-2,4-5H3/q+1/b9-6-,22-16+. The van der Waals surface area contributed by atoms with Crippen LogP contribution in [0.25, 0.3) is 0 Å². The highest BCUT2D eigenvalue weighted by Gasteiger charge is 2.60. The molecular formula is C25H32OP+. The molecule has 0 aliphatic carbocycles. The van der Waals surface area contributed by atoms with Crippen LogP contribution in [0, 0.1) is 0 Å². The van der Waals surface area contributed by atoms with Gasteiger partial charge in [-0.05, 0) is 49.8 Å². The van der Waals surface area contributed by atoms with Gasteiger partial charge in [-0.1, -0.05) is 62.1 Å². The monoisotopic (exact) mass is 379 g/mol. The van der Waals surface area contributed by atoms with Crippen molar-refractivity contribution in [2.24, 2.45) is 0 Å². The first-order valence-corrected chi connectivity index (χ1v) is 11.4. The van der Waals surface area contributed by atoms with E-state index in [1.54, 1.807) is 0 Å². The second-order valence-corrected chi connectivity index (χ2v) is 10.6. The molecule has 2 aromatic carbocycles. The summed E-state index contributed by atoms with van der Waals surface area (Å²) in [5.74, 6) is 0. The highest BCUT2D eigenvalue weighted by atomic mass is 31.2. The van der Waals surface area contributed by atoms with Gasteiger partial charge in [0, 0.05) is 20.5 Å². The van der Waals surface area contributed by atoms with Gasteiger partial charge in [0.25, 0.3) is 0 Å². The van der Waals surface area contributed by atoms with E-state index in [2.05, 4.69) is 99.3 Å². The lowest BCUT2D eigenvalue weighted by atomic mass is 10.2. The van der Waals surface area contributed by atoms with E-state index in [4.69, 9.17) is 4.74 Å². The maximum atomic E-state index is 6.35. The van der Waals surface area contributed by atoms with E-state index in [9.17, 15) is 0 Å². The molecule has 0 aliphatic rings. The average Bonchev–Trinajstić information content (AvgIpc) is 2.72. The lowest BCUT2D eigenvalue weighted by Gasteiger charge is -2.42. The van der Waals surface area contributed by atoms with Crippen molar-refractivity contribution >= 4 is 17.9 Å². The largest absolute Gasteiger partial charge is 0.344 e. The second-order valence-electron chi connectivity index (χ2n) is 6.79. The molecule has 2 heteroatoms. The Bertz CT molecular complexity index is 737. The number of ether oxygens (including phenoxy) is 1. The Hall–Kier alpha value is -1.95. The van der Waals surface area contributed by atoms with Crippen LogP contribution in [0.3, 0.4) is 0 Å². The molecule has 0 radical (unpaired) electrons. The normalized spacial score (nSPS) is 14.9. The third-order valence-electron chi connectivity index (χ3n) is 5.21. The first-order valence-electron chi connectivity index (χ1n) is 9.62. The van der Waals surface area contributed by atoms with Crippen molar-refractivity contribution in [3.63, 3.8) is 0 Å². The van der Waals surface area contributed by atoms with Crippen molar-refractivity contribution in [3.8, 4) is 0 Å². The van der Waals surface area contributed by atoms with Gasteiger partial charge in [-0.3, -0.25) is 0 Å². The van der Waals surface area contributed by atoms with Gasteiger partial charge in [0.2, 0.25) is 0 Å². The summed E-state index contributed by atoms with van der Waals surface area (Å²) in [4.78, 5) is 0. The zero-order valence-electron chi connectivity index (χ0n) is 17.1. The number of hydrogen-bond acceptors (Lipinski definition) is 1. The SMILES string of the molecule is C=C/C(=C\C=C/C)[P+](c1ccccc1)(c1ccccc1)C(C)(CCC)OC. The molecule has 0 spiro atoms. The summed E-state index contributed by atoms with van der Waals surface area (Å²) >= 11 is 0. The van der Waals surface area contributed by atoms with Crippen LogP contribution in [0.1, 0.15) is 33.6 Å². The van der Waals surface area contributed by atoms with Crippen LogP contribution in [0.5, 0.6) is 0 Å². The molecule has 1 atom stereocenters. The van der Waals surface area contributed by atoms with Gasteiger partial charge in [0.05, 0.1) is 0 Å². The Balaban J connectivity index is 3.00. The van der Waals surface area contributed by atoms with Crippen molar-refractivity contribution < 1.29 is 4.74 Å². The fourth-order valence-electron chi connectivity index (χ4n) is 3.95. The Morgan fingerprint density at radius 3 is 1.93 bits per heavy atom. The second kappa shape index (κ2) is 9.83. The first kappa shape index (κ1) is 21.4. The van der Waals surface area contributed by atoms with Crippen molar-refractivity contribution in [1.82, 2.24) is 0 Å². The minimum atomic E-state index is -2.11. The van der Waals surface area contributed by atoms with Crippen molar-refractivity contribution in [2.45, 2.75) is 39.0 Å². The van der Waals surface area contributed by atoms with E-state index >= 15 is 0 Å². The fraction of sp³-hybridized carbons (Fsp3) is 0.280. The van der Waals surface area contributed by atoms with Gasteiger partial charge in [-0.25, -0.2) is 0 Å². The molecule has 1 nitrogen and oxygen atoms in total. The van der Waals surface area contributed by atoms with E-state index in [1.165, 1.54) is 15.9 Å². The highest BCUT2D eigenvalue weighted by molar-refractivity contribution is 7.94. The zero-order chi connectivity index (χ0) is 19.8. The number of allylic oxidation sites excluding steroid dienone is 5. The summed E-state index contributed by atoms with van der Waals surface area (Å²) in [7, 11) is -0.256. The number of benzene rings is 2. The van der Waals surface area contributed by atoms with Crippen LogP contribution in [0.2, 0.25) is 0 Å². The smallest absolute Gasteiger partial charge is 0.187 e. The van der Waals surface area contributed by atoms with Crippen molar-refractivity contribution in [3.05, 3.63) is 96.9 Å². The maximum absolute atomic E-state index is 6.35. The van der Waals surface area contributed by atoms with Crippen LogP contribution in [-0.2, 0) is 4.74 Å². The minimum absolute atomic E-state index is 0.327. The Labute approximate surface area is 165 Å². The van der Waals surface area contributed by atoms with Crippen LogP contribution in [0.4, 0.5) is 0 Å². The average molecular weight is 380 g/mol. The molecule has 0 bridgehead atoms. The lowest BCUT2D eigenvalue weighted by molar-refractivity contribution is 0.0730. The molecule has 0 saturated heterocycles. The molecular weight excluding hydrogens is 347 g/mol. The van der Waals surface area contributed by atoms with Crippen LogP contribution in [-0.4, -0.2) is 12.5 Å². The molecule has 0 aliphatic heterocycles. The van der Waals surface area contributed by atoms with Crippen molar-refractivity contribution in [1.29, 1.82) is 0 Å². The van der Waals surface area contributed by atoms with Crippen molar-refractivity contribution in [2.75, 3.05) is 7.11 Å². The minimum Gasteiger partial charge on any atom is -0.344 e. The van der Waals surface area contributed by atoms with Crippen LogP contribution in [0.15, 0.2) is 96.9 Å². The summed E-state index contributed by atoms with van der Waals surface area (Å²) in [5, 5.41) is 3.57. The van der Waals surface area contributed by atoms with Gasteiger partial charge in [-0.2, -0.15) is 0 Å². The molecule has 1 unspecified atom stereocenters. The Morgan fingerprint density at radius 1 is 1.04 bits per heavy atom. The molecule has 27 heavy (non-hydrogen) atoms. The molecule has 0 amide bonds. The lowest BCUT2D eigenvalue weighted by Crippen LogP contribution is -2.42. The summed E-state index contributed by atoms with van der Waals surface area (Å²) < 4.78 is 6.35. The molecule has 2 rings (SSSR count). The van der Waals surface area contributed by atoms with Gasteiger partial charge in [0.15, 0.2) is 5.34 Å². The molecule has 0 heterocycles. The summed E-state index contributed by atoms with van der Waals surface area (Å²) in [6.45, 7) is 10.8. The zero-order valence-corrected chi connectivity index (χ0v) is 18.0.